The van der Waals surface area contributed by atoms with E-state index >= 15 is 0 Å². The molecule has 0 spiro atoms. The topological polar surface area (TPSA) is 104 Å². The van der Waals surface area contributed by atoms with Gasteiger partial charge in [-0.15, -0.1) is 0 Å². The number of aliphatic carboxylic acids is 1. The van der Waals surface area contributed by atoms with Gasteiger partial charge >= 0.3 is 5.97 Å². The number of hydrogen-bond donors (Lipinski definition) is 2. The summed E-state index contributed by atoms with van der Waals surface area (Å²) in [6.07, 6.45) is 0. The molecule has 0 radical (unpaired) electrons. The molecule has 2 aromatic rings. The van der Waals surface area contributed by atoms with Gasteiger partial charge in [0.15, 0.2) is 0 Å². The Hall–Kier alpha value is -3.01. The predicted molar refractivity (Wildman–Crippen MR) is 93.9 cm³/mol. The second kappa shape index (κ2) is 7.70. The van der Waals surface area contributed by atoms with Crippen LogP contribution >= 0.6 is 0 Å². The lowest BCUT2D eigenvalue weighted by atomic mass is 10.2. The molecule has 0 heterocycles. The van der Waals surface area contributed by atoms with Gasteiger partial charge in [0.05, 0.1) is 10.6 Å². The van der Waals surface area contributed by atoms with E-state index in [1.165, 1.54) is 19.1 Å². The Morgan fingerprint density at radius 2 is 1.70 bits per heavy atom. The maximum Gasteiger partial charge on any atom is 0.327 e. The standard InChI is InChI=1S/C17H16F2N2O5S/c1-10(17(23)24)21(16-8-3-12(18)9-15(16)19)27(25,26)14-6-4-13(5-7-14)20-11(2)22/h3-10H,1-2H3,(H,20,22)(H,23,24). The van der Waals surface area contributed by atoms with Crippen molar-refractivity contribution in [2.45, 2.75) is 24.8 Å². The number of anilines is 2. The van der Waals surface area contributed by atoms with Crippen LogP contribution in [-0.4, -0.2) is 31.4 Å². The minimum Gasteiger partial charge on any atom is -0.480 e. The number of hydrogen-bond acceptors (Lipinski definition) is 4. The molecule has 27 heavy (non-hydrogen) atoms. The van der Waals surface area contributed by atoms with Gasteiger partial charge in [0.2, 0.25) is 5.91 Å². The maximum absolute atomic E-state index is 14.2. The Bertz CT molecular complexity index is 977. The molecule has 0 aliphatic heterocycles. The molecule has 144 valence electrons. The molecule has 1 amide bonds. The highest BCUT2D eigenvalue weighted by Gasteiger charge is 2.35. The zero-order chi connectivity index (χ0) is 20.4. The summed E-state index contributed by atoms with van der Waals surface area (Å²) in [6.45, 7) is 2.34. The Labute approximate surface area is 154 Å². The number of amides is 1. The monoisotopic (exact) mass is 398 g/mol. The average molecular weight is 398 g/mol. The van der Waals surface area contributed by atoms with E-state index in [1.807, 2.05) is 0 Å². The molecule has 1 atom stereocenters. The molecule has 2 rings (SSSR count). The quantitative estimate of drug-likeness (QED) is 0.778. The van der Waals surface area contributed by atoms with Gasteiger partial charge in [0, 0.05) is 18.7 Å². The number of rotatable bonds is 6. The average Bonchev–Trinajstić information content (AvgIpc) is 2.56. The molecule has 0 aromatic heterocycles. The van der Waals surface area contributed by atoms with Gasteiger partial charge in [-0.3, -0.25) is 4.79 Å². The fraction of sp³-hybridized carbons (Fsp3) is 0.176. The highest BCUT2D eigenvalue weighted by Crippen LogP contribution is 2.29. The number of sulfonamides is 1. The normalized spacial score (nSPS) is 12.3. The van der Waals surface area contributed by atoms with Crippen molar-refractivity contribution in [1.29, 1.82) is 0 Å². The first-order valence-electron chi connectivity index (χ1n) is 7.64. The van der Waals surface area contributed by atoms with Crippen molar-refractivity contribution in [2.24, 2.45) is 0 Å². The van der Waals surface area contributed by atoms with Crippen molar-refractivity contribution in [2.75, 3.05) is 9.62 Å². The number of halogens is 2. The number of carboxylic acid groups (broad SMARTS) is 1. The summed E-state index contributed by atoms with van der Waals surface area (Å²) in [5.74, 6) is -4.03. The van der Waals surface area contributed by atoms with Crippen molar-refractivity contribution in [1.82, 2.24) is 0 Å². The lowest BCUT2D eigenvalue weighted by Crippen LogP contribution is -2.43. The number of carbonyl (C=O) groups is 2. The molecule has 2 aromatic carbocycles. The molecule has 10 heteroatoms. The second-order valence-electron chi connectivity index (χ2n) is 5.62. The molecule has 2 N–H and O–H groups in total. The SMILES string of the molecule is CC(=O)Nc1ccc(S(=O)(=O)N(c2ccc(F)cc2F)C(C)C(=O)O)cc1. The van der Waals surface area contributed by atoms with Gasteiger partial charge in [-0.05, 0) is 43.3 Å². The van der Waals surface area contributed by atoms with E-state index < -0.39 is 39.4 Å². The van der Waals surface area contributed by atoms with Gasteiger partial charge in [-0.1, -0.05) is 0 Å². The van der Waals surface area contributed by atoms with Crippen LogP contribution in [0.1, 0.15) is 13.8 Å². The number of benzene rings is 2. The van der Waals surface area contributed by atoms with Gasteiger partial charge in [0.25, 0.3) is 10.0 Å². The van der Waals surface area contributed by atoms with Crippen molar-refractivity contribution in [3.63, 3.8) is 0 Å². The number of carboxylic acids is 1. The van der Waals surface area contributed by atoms with Crippen LogP contribution in [0.2, 0.25) is 0 Å². The molecule has 0 saturated heterocycles. The summed E-state index contributed by atoms with van der Waals surface area (Å²) in [4.78, 5) is 22.1. The minimum atomic E-state index is -4.50. The summed E-state index contributed by atoms with van der Waals surface area (Å²) < 4.78 is 53.7. The third-order valence-corrected chi connectivity index (χ3v) is 5.49. The number of nitrogens with one attached hydrogen (secondary N) is 1. The third kappa shape index (κ3) is 4.40. The molecule has 0 saturated carbocycles. The van der Waals surface area contributed by atoms with Gasteiger partial charge < -0.3 is 10.4 Å². The second-order valence-corrected chi connectivity index (χ2v) is 7.43. The summed E-state index contributed by atoms with van der Waals surface area (Å²) in [5.41, 5.74) is -0.274. The van der Waals surface area contributed by atoms with Crippen molar-refractivity contribution >= 4 is 33.3 Å². The Balaban J connectivity index is 2.56. The van der Waals surface area contributed by atoms with Crippen LogP contribution in [0.4, 0.5) is 20.2 Å². The van der Waals surface area contributed by atoms with Crippen LogP contribution in [0.25, 0.3) is 0 Å². The van der Waals surface area contributed by atoms with E-state index in [-0.39, 0.29) is 10.8 Å². The summed E-state index contributed by atoms with van der Waals surface area (Å²) in [5, 5.41) is 11.7. The highest BCUT2D eigenvalue weighted by atomic mass is 32.2. The van der Waals surface area contributed by atoms with E-state index in [4.69, 9.17) is 0 Å². The Kier molecular flexibility index (Phi) is 5.79. The molecule has 0 aliphatic carbocycles. The molecule has 7 nitrogen and oxygen atoms in total. The summed E-state index contributed by atoms with van der Waals surface area (Å²) in [7, 11) is -4.50. The van der Waals surface area contributed by atoms with E-state index in [2.05, 4.69) is 5.32 Å². The van der Waals surface area contributed by atoms with Crippen molar-refractivity contribution in [3.05, 3.63) is 54.1 Å². The van der Waals surface area contributed by atoms with E-state index in [1.54, 1.807) is 0 Å². The molecule has 1 unspecified atom stereocenters. The van der Waals surface area contributed by atoms with Crippen LogP contribution in [0, 0.1) is 11.6 Å². The lowest BCUT2D eigenvalue weighted by molar-refractivity contribution is -0.137. The number of carbonyl (C=O) groups excluding carboxylic acids is 1. The first kappa shape index (κ1) is 20.3. The van der Waals surface area contributed by atoms with E-state index in [0.717, 1.165) is 31.2 Å². The van der Waals surface area contributed by atoms with Crippen molar-refractivity contribution in [3.8, 4) is 0 Å². The van der Waals surface area contributed by atoms with Gasteiger partial charge in [0.1, 0.15) is 17.7 Å². The van der Waals surface area contributed by atoms with Crippen LogP contribution in [0.5, 0.6) is 0 Å². The number of nitrogens with zero attached hydrogens (tertiary/aromatic N) is 1. The van der Waals surface area contributed by atoms with Gasteiger partial charge in [-0.2, -0.15) is 0 Å². The molecular weight excluding hydrogens is 382 g/mol. The Morgan fingerprint density at radius 3 is 2.19 bits per heavy atom. The largest absolute Gasteiger partial charge is 0.480 e. The smallest absolute Gasteiger partial charge is 0.327 e. The molecular formula is C17H16F2N2O5S. The van der Waals surface area contributed by atoms with Gasteiger partial charge in [-0.25, -0.2) is 26.3 Å². The molecule has 0 aliphatic rings. The molecule has 0 fully saturated rings. The Morgan fingerprint density at radius 1 is 1.11 bits per heavy atom. The first-order valence-corrected chi connectivity index (χ1v) is 9.08. The summed E-state index contributed by atoms with van der Waals surface area (Å²) in [6, 6.07) is 5.38. The first-order chi connectivity index (χ1) is 12.5. The minimum absolute atomic E-state index is 0.326. The van der Waals surface area contributed by atoms with Crippen LogP contribution in [0.15, 0.2) is 47.4 Å². The molecule has 0 bridgehead atoms. The van der Waals surface area contributed by atoms with E-state index in [9.17, 15) is 31.9 Å². The zero-order valence-corrected chi connectivity index (χ0v) is 15.1. The van der Waals surface area contributed by atoms with Crippen LogP contribution in [-0.2, 0) is 19.6 Å². The van der Waals surface area contributed by atoms with Crippen LogP contribution in [0.3, 0.4) is 0 Å². The summed E-state index contributed by atoms with van der Waals surface area (Å²) >= 11 is 0. The van der Waals surface area contributed by atoms with Crippen LogP contribution < -0.4 is 9.62 Å². The predicted octanol–water partition coefficient (Wildman–Crippen LogP) is 2.59. The highest BCUT2D eigenvalue weighted by molar-refractivity contribution is 7.92. The van der Waals surface area contributed by atoms with Crippen molar-refractivity contribution < 1.29 is 31.9 Å². The fourth-order valence-corrected chi connectivity index (χ4v) is 3.95. The zero-order valence-electron chi connectivity index (χ0n) is 14.3. The lowest BCUT2D eigenvalue weighted by Gasteiger charge is -2.28. The maximum atomic E-state index is 14.2. The fourth-order valence-electron chi connectivity index (χ4n) is 2.33. The third-order valence-electron chi connectivity index (χ3n) is 3.59. The van der Waals surface area contributed by atoms with E-state index in [0.29, 0.717) is 16.1 Å².